The van der Waals surface area contributed by atoms with Gasteiger partial charge in [-0.3, -0.25) is 0 Å². The van der Waals surface area contributed by atoms with Gasteiger partial charge in [-0.25, -0.2) is 0 Å². The number of rotatable bonds is 0. The van der Waals surface area contributed by atoms with E-state index < -0.39 is 18.7 Å². The van der Waals surface area contributed by atoms with Gasteiger partial charge >= 0.3 is 11.8 Å². The fourth-order valence-corrected chi connectivity index (χ4v) is 0.431. The van der Waals surface area contributed by atoms with Gasteiger partial charge in [0.1, 0.15) is 0 Å². The maximum atomic E-state index is 11.6. The van der Waals surface area contributed by atoms with Crippen LogP contribution in [0.4, 0.5) is 26.3 Å². The van der Waals surface area contributed by atoms with Gasteiger partial charge < -0.3 is 0 Å². The first kappa shape index (κ1) is 10.9. The highest BCUT2D eigenvalue weighted by Gasteiger charge is 2.57. The Hall–Kier alpha value is -0.120. The van der Waals surface area contributed by atoms with Crippen LogP contribution in [-0.2, 0) is 0 Å². The Morgan fingerprint density at radius 3 is 1.09 bits per heavy atom. The number of hydrogen-bond donors (Lipinski definition) is 0. The van der Waals surface area contributed by atoms with E-state index in [0.717, 1.165) is 0 Å². The lowest BCUT2D eigenvalue weighted by Gasteiger charge is -2.24. The zero-order chi connectivity index (χ0) is 9.50. The topological polar surface area (TPSA) is 0 Å². The molecule has 0 saturated heterocycles. The van der Waals surface area contributed by atoms with E-state index in [2.05, 4.69) is 6.30 Å². The zero-order valence-electron chi connectivity index (χ0n) is 5.42. The summed E-state index contributed by atoms with van der Waals surface area (Å²) in [5, 5.41) is 0. The maximum absolute atomic E-state index is 11.6. The minimum Gasteiger partial charge on any atom is -0.167 e. The van der Waals surface area contributed by atoms with Crippen molar-refractivity contribution in [1.29, 1.82) is 0 Å². The first-order valence-corrected chi connectivity index (χ1v) is 4.77. The van der Waals surface area contributed by atoms with Crippen LogP contribution in [0.15, 0.2) is 0 Å². The highest BCUT2D eigenvalue weighted by atomic mass is 31.2. The molecule has 0 aliphatic heterocycles. The molecule has 0 rings (SSSR count). The van der Waals surface area contributed by atoms with E-state index in [0.29, 0.717) is 0 Å². The van der Waals surface area contributed by atoms with E-state index in [-0.39, 0.29) is 6.66 Å². The molecule has 0 bridgehead atoms. The van der Waals surface area contributed by atoms with Gasteiger partial charge in [-0.1, -0.05) is 6.30 Å². The third kappa shape index (κ3) is 1.92. The van der Waals surface area contributed by atoms with Crippen molar-refractivity contribution in [2.45, 2.75) is 11.8 Å². The van der Waals surface area contributed by atoms with Gasteiger partial charge in [0, 0.05) is 0 Å². The Labute approximate surface area is 59.2 Å². The molecule has 0 nitrogen and oxygen atoms in total. The van der Waals surface area contributed by atoms with E-state index >= 15 is 0 Å². The fourth-order valence-electron chi connectivity index (χ4n) is 0.144. The van der Waals surface area contributed by atoms with Crippen LogP contribution in [0.5, 0.6) is 0 Å². The molecule has 0 aromatic rings. The Balaban J connectivity index is 4.92. The van der Waals surface area contributed by atoms with Gasteiger partial charge in [0.25, 0.3) is 0 Å². The first-order chi connectivity index (χ1) is 4.50. The van der Waals surface area contributed by atoms with E-state index in [1.54, 1.807) is 0 Å². The average Bonchev–Trinajstić information content (AvgIpc) is 1.58. The highest BCUT2D eigenvalue weighted by molar-refractivity contribution is 7.74. The fraction of sp³-hybridized carbons (Fsp3) is 0.750. The van der Waals surface area contributed by atoms with Gasteiger partial charge in [0.15, 0.2) is 0 Å². The number of hydrogen-bond acceptors (Lipinski definition) is 0. The second-order valence-corrected chi connectivity index (χ2v) is 5.52. The SMILES string of the molecule is C=P(C)(C(F)(F)F)C(F)(F)F. The lowest BCUT2D eigenvalue weighted by molar-refractivity contribution is -0.0838. The van der Waals surface area contributed by atoms with Crippen LogP contribution in [0.2, 0.25) is 0 Å². The summed E-state index contributed by atoms with van der Waals surface area (Å²) in [5.41, 5.74) is 0. The molecule has 11 heavy (non-hydrogen) atoms. The summed E-state index contributed by atoms with van der Waals surface area (Å²) in [6.07, 6.45) is 2.17. The van der Waals surface area contributed by atoms with Crippen molar-refractivity contribution in [3.8, 4) is 0 Å². The number of alkyl halides is 6. The molecule has 0 saturated carbocycles. The highest BCUT2D eigenvalue weighted by Crippen LogP contribution is 2.68. The zero-order valence-corrected chi connectivity index (χ0v) is 6.32. The van der Waals surface area contributed by atoms with Crippen LogP contribution in [-0.4, -0.2) is 24.8 Å². The summed E-state index contributed by atoms with van der Waals surface area (Å²) >= 11 is 0. The molecule has 68 valence electrons. The predicted octanol–water partition coefficient (Wildman–Crippen LogP) is 3.11. The molecule has 0 atom stereocenters. The molecule has 0 N–H and O–H groups in total. The first-order valence-electron chi connectivity index (χ1n) is 2.34. The molecule has 0 fully saturated rings. The summed E-state index contributed by atoms with van der Waals surface area (Å²) in [6.45, 7) is -4.96. The summed E-state index contributed by atoms with van der Waals surface area (Å²) in [4.78, 5) is 0. The molecule has 0 aromatic carbocycles. The molecule has 0 amide bonds. The Kier molecular flexibility index (Phi) is 2.41. The van der Waals surface area contributed by atoms with E-state index in [4.69, 9.17) is 0 Å². The van der Waals surface area contributed by atoms with Crippen LogP contribution in [0.25, 0.3) is 0 Å². The van der Waals surface area contributed by atoms with Crippen molar-refractivity contribution in [3.05, 3.63) is 0 Å². The standard InChI is InChI=1S/C4H5F6P/c1-11(2,3(5,6)7)4(8,9)10/h1H2,2H3. The Morgan fingerprint density at radius 2 is 1.09 bits per heavy atom. The molecule has 0 unspecified atom stereocenters. The summed E-state index contributed by atoms with van der Waals surface area (Å²) in [6, 6.07) is 0. The van der Waals surface area contributed by atoms with E-state index in [9.17, 15) is 26.3 Å². The Morgan fingerprint density at radius 1 is 0.909 bits per heavy atom. The number of halogens is 6. The molecule has 0 aliphatic carbocycles. The van der Waals surface area contributed by atoms with Crippen molar-refractivity contribution < 1.29 is 26.3 Å². The van der Waals surface area contributed by atoms with Crippen LogP contribution in [0.1, 0.15) is 0 Å². The predicted molar refractivity (Wildman–Crippen MR) is 32.1 cm³/mol. The minimum atomic E-state index is -5.24. The normalized spacial score (nSPS) is 15.2. The van der Waals surface area contributed by atoms with Gasteiger partial charge in [0.05, 0.1) is 6.89 Å². The van der Waals surface area contributed by atoms with Gasteiger partial charge in [-0.15, -0.1) is 0 Å². The molecule has 0 aliphatic rings. The van der Waals surface area contributed by atoms with E-state index in [1.807, 2.05) is 0 Å². The lowest BCUT2D eigenvalue weighted by Crippen LogP contribution is -2.21. The monoisotopic (exact) mass is 198 g/mol. The average molecular weight is 198 g/mol. The second-order valence-electron chi connectivity index (χ2n) is 2.13. The van der Waals surface area contributed by atoms with Crippen molar-refractivity contribution >= 4 is 13.2 Å². The smallest absolute Gasteiger partial charge is 0.167 e. The molecular weight excluding hydrogens is 193 g/mol. The van der Waals surface area contributed by atoms with Crippen LogP contribution in [0.3, 0.4) is 0 Å². The Bertz CT molecular complexity index is 168. The molecule has 7 heteroatoms. The third-order valence-electron chi connectivity index (χ3n) is 1.12. The van der Waals surface area contributed by atoms with Crippen LogP contribution in [0, 0.1) is 0 Å². The van der Waals surface area contributed by atoms with E-state index in [1.165, 1.54) is 0 Å². The van der Waals surface area contributed by atoms with Crippen molar-refractivity contribution in [2.75, 3.05) is 6.66 Å². The van der Waals surface area contributed by atoms with Crippen LogP contribution >= 0.6 is 6.89 Å². The molecule has 0 aromatic heterocycles. The lowest BCUT2D eigenvalue weighted by atomic mass is 11.5. The molecular formula is C4H5F6P. The quantitative estimate of drug-likeness (QED) is 0.414. The molecule has 0 radical (unpaired) electrons. The molecule has 0 heterocycles. The van der Waals surface area contributed by atoms with Gasteiger partial charge in [0.2, 0.25) is 0 Å². The molecule has 0 spiro atoms. The maximum Gasteiger partial charge on any atom is 0.412 e. The van der Waals surface area contributed by atoms with Gasteiger partial charge in [-0.05, 0) is 6.66 Å². The summed E-state index contributed by atoms with van der Waals surface area (Å²) in [5.74, 6) is -10.5. The van der Waals surface area contributed by atoms with Crippen molar-refractivity contribution in [3.63, 3.8) is 0 Å². The van der Waals surface area contributed by atoms with Crippen molar-refractivity contribution in [2.24, 2.45) is 0 Å². The third-order valence-corrected chi connectivity index (χ3v) is 3.36. The van der Waals surface area contributed by atoms with Crippen LogP contribution < -0.4 is 0 Å². The van der Waals surface area contributed by atoms with Gasteiger partial charge in [-0.2, -0.15) is 26.3 Å². The summed E-state index contributed by atoms with van der Waals surface area (Å²) < 4.78 is 69.6. The second kappa shape index (κ2) is 2.44. The summed E-state index contributed by atoms with van der Waals surface area (Å²) in [7, 11) is 0. The largest absolute Gasteiger partial charge is 0.412 e. The minimum absolute atomic E-state index is 0.104. The van der Waals surface area contributed by atoms with Crippen molar-refractivity contribution in [1.82, 2.24) is 0 Å².